The van der Waals surface area contributed by atoms with Gasteiger partial charge in [0.1, 0.15) is 0 Å². The zero-order valence-corrected chi connectivity index (χ0v) is 12.2. The van der Waals surface area contributed by atoms with Gasteiger partial charge in [-0.3, -0.25) is 9.59 Å². The molecule has 0 heterocycles. The molecule has 0 spiro atoms. The fourth-order valence-electron chi connectivity index (χ4n) is 2.40. The van der Waals surface area contributed by atoms with Gasteiger partial charge in [-0.2, -0.15) is 0 Å². The van der Waals surface area contributed by atoms with Gasteiger partial charge in [-0.05, 0) is 30.9 Å². The lowest BCUT2D eigenvalue weighted by Crippen LogP contribution is -2.40. The minimum absolute atomic E-state index is 0.0928. The largest absolute Gasteiger partial charge is 0.336 e. The average molecular weight is 274 g/mol. The van der Waals surface area contributed by atoms with E-state index in [1.54, 1.807) is 7.05 Å². The van der Waals surface area contributed by atoms with Crippen molar-refractivity contribution in [2.75, 3.05) is 18.9 Å². The third-order valence-corrected chi connectivity index (χ3v) is 3.88. The highest BCUT2D eigenvalue weighted by Crippen LogP contribution is 2.27. The number of nitrogens with one attached hydrogen (secondary N) is 1. The summed E-state index contributed by atoms with van der Waals surface area (Å²) >= 11 is 0. The number of aryl methyl sites for hydroxylation is 1. The topological polar surface area (TPSA) is 49.4 Å². The molecule has 1 aromatic rings. The van der Waals surface area contributed by atoms with Crippen molar-refractivity contribution in [1.82, 2.24) is 4.90 Å². The fraction of sp³-hybridized carbons (Fsp3) is 0.500. The Morgan fingerprint density at radius 2 is 2.00 bits per heavy atom. The highest BCUT2D eigenvalue weighted by molar-refractivity contribution is 5.95. The third-order valence-electron chi connectivity index (χ3n) is 3.88. The van der Waals surface area contributed by atoms with Gasteiger partial charge < -0.3 is 10.2 Å². The Kier molecular flexibility index (Phi) is 4.77. The van der Waals surface area contributed by atoms with Gasteiger partial charge in [-0.1, -0.05) is 31.5 Å². The number of hydrogen-bond donors (Lipinski definition) is 1. The number of rotatable bonds is 5. The van der Waals surface area contributed by atoms with Crippen molar-refractivity contribution < 1.29 is 9.59 Å². The first-order valence-electron chi connectivity index (χ1n) is 7.24. The minimum atomic E-state index is -0.138. The van der Waals surface area contributed by atoms with Crippen LogP contribution < -0.4 is 5.32 Å². The molecule has 2 amide bonds. The van der Waals surface area contributed by atoms with E-state index in [0.717, 1.165) is 36.9 Å². The first-order valence-corrected chi connectivity index (χ1v) is 7.24. The van der Waals surface area contributed by atoms with Crippen molar-refractivity contribution in [1.29, 1.82) is 0 Å². The quantitative estimate of drug-likeness (QED) is 0.896. The number of likely N-dealkylation sites (N-methyl/N-ethyl adjacent to an activating group) is 1. The normalized spacial score (nSPS) is 14.5. The van der Waals surface area contributed by atoms with E-state index in [-0.39, 0.29) is 24.3 Å². The Hall–Kier alpha value is -1.84. The van der Waals surface area contributed by atoms with Gasteiger partial charge in [0.2, 0.25) is 11.8 Å². The van der Waals surface area contributed by atoms with Crippen LogP contribution in [-0.2, 0) is 16.0 Å². The number of carbonyl (C=O) groups excluding carboxylic acids is 2. The molecule has 0 aromatic heterocycles. The molecule has 1 saturated carbocycles. The molecule has 20 heavy (non-hydrogen) atoms. The predicted molar refractivity (Wildman–Crippen MR) is 79.4 cm³/mol. The maximum atomic E-state index is 12.0. The molecule has 0 unspecified atom stereocenters. The van der Waals surface area contributed by atoms with E-state index in [4.69, 9.17) is 0 Å². The van der Waals surface area contributed by atoms with E-state index in [1.165, 1.54) is 4.90 Å². The second-order valence-electron chi connectivity index (χ2n) is 5.38. The molecular weight excluding hydrogens is 252 g/mol. The average Bonchev–Trinajstić information content (AvgIpc) is 2.37. The Morgan fingerprint density at radius 1 is 1.30 bits per heavy atom. The molecule has 108 valence electrons. The smallest absolute Gasteiger partial charge is 0.243 e. The van der Waals surface area contributed by atoms with Gasteiger partial charge in [0.25, 0.3) is 0 Å². The van der Waals surface area contributed by atoms with Crippen LogP contribution in [0, 0.1) is 5.92 Å². The van der Waals surface area contributed by atoms with Crippen molar-refractivity contribution in [3.05, 3.63) is 29.8 Å². The van der Waals surface area contributed by atoms with E-state index in [9.17, 15) is 9.59 Å². The van der Waals surface area contributed by atoms with E-state index >= 15 is 0 Å². The molecule has 2 rings (SSSR count). The summed E-state index contributed by atoms with van der Waals surface area (Å²) in [5, 5.41) is 2.89. The highest BCUT2D eigenvalue weighted by atomic mass is 16.2. The number of anilines is 1. The summed E-state index contributed by atoms with van der Waals surface area (Å²) in [5.74, 6) is 0.0898. The monoisotopic (exact) mass is 274 g/mol. The maximum absolute atomic E-state index is 12.0. The van der Waals surface area contributed by atoms with Gasteiger partial charge in [-0.25, -0.2) is 0 Å². The van der Waals surface area contributed by atoms with Gasteiger partial charge in [0.15, 0.2) is 0 Å². The Balaban J connectivity index is 1.90. The number of carbonyl (C=O) groups is 2. The summed E-state index contributed by atoms with van der Waals surface area (Å²) in [6.45, 7) is 2.17. The second-order valence-corrected chi connectivity index (χ2v) is 5.38. The molecule has 1 aliphatic carbocycles. The Morgan fingerprint density at radius 3 is 2.60 bits per heavy atom. The molecule has 4 heteroatoms. The Bertz CT molecular complexity index is 495. The number of hydrogen-bond acceptors (Lipinski definition) is 2. The van der Waals surface area contributed by atoms with Crippen LogP contribution in [0.4, 0.5) is 5.69 Å². The molecule has 0 radical (unpaired) electrons. The molecule has 1 fully saturated rings. The fourth-order valence-corrected chi connectivity index (χ4v) is 2.40. The van der Waals surface area contributed by atoms with E-state index in [0.29, 0.717) is 0 Å². The van der Waals surface area contributed by atoms with Crippen LogP contribution in [0.25, 0.3) is 0 Å². The van der Waals surface area contributed by atoms with Crippen LogP contribution in [0.5, 0.6) is 0 Å². The minimum Gasteiger partial charge on any atom is -0.336 e. The van der Waals surface area contributed by atoms with E-state index in [2.05, 4.69) is 12.2 Å². The van der Waals surface area contributed by atoms with Crippen molar-refractivity contribution in [2.45, 2.75) is 32.6 Å². The molecule has 4 nitrogen and oxygen atoms in total. The van der Waals surface area contributed by atoms with Crippen molar-refractivity contribution in [3.63, 3.8) is 0 Å². The van der Waals surface area contributed by atoms with Crippen molar-refractivity contribution in [3.8, 4) is 0 Å². The molecule has 0 aliphatic heterocycles. The first-order chi connectivity index (χ1) is 9.61. The zero-order valence-electron chi connectivity index (χ0n) is 12.2. The summed E-state index contributed by atoms with van der Waals surface area (Å²) in [6, 6.07) is 7.75. The van der Waals surface area contributed by atoms with Crippen molar-refractivity contribution in [2.24, 2.45) is 5.92 Å². The number of para-hydroxylation sites is 1. The lowest BCUT2D eigenvalue weighted by atomic mass is 9.84. The van der Waals surface area contributed by atoms with Gasteiger partial charge >= 0.3 is 0 Å². The summed E-state index contributed by atoms with van der Waals surface area (Å²) in [5.41, 5.74) is 1.94. The van der Waals surface area contributed by atoms with Crippen LogP contribution in [0.15, 0.2) is 24.3 Å². The van der Waals surface area contributed by atoms with E-state index in [1.807, 2.05) is 24.3 Å². The Labute approximate surface area is 120 Å². The van der Waals surface area contributed by atoms with Crippen LogP contribution in [-0.4, -0.2) is 30.3 Å². The number of benzene rings is 1. The lowest BCUT2D eigenvalue weighted by molar-refractivity contribution is -0.139. The summed E-state index contributed by atoms with van der Waals surface area (Å²) in [7, 11) is 1.70. The molecular formula is C16H22N2O2. The van der Waals surface area contributed by atoms with Crippen molar-refractivity contribution >= 4 is 17.5 Å². The van der Waals surface area contributed by atoms with Crippen LogP contribution in [0.2, 0.25) is 0 Å². The van der Waals surface area contributed by atoms with Crippen LogP contribution in [0.1, 0.15) is 31.7 Å². The summed E-state index contributed by atoms with van der Waals surface area (Å²) in [6.07, 6.45) is 3.92. The summed E-state index contributed by atoms with van der Waals surface area (Å²) in [4.78, 5) is 25.5. The summed E-state index contributed by atoms with van der Waals surface area (Å²) < 4.78 is 0. The highest BCUT2D eigenvalue weighted by Gasteiger charge is 2.28. The van der Waals surface area contributed by atoms with Gasteiger partial charge in [0.05, 0.1) is 6.54 Å². The molecule has 1 aliphatic rings. The molecule has 0 bridgehead atoms. The van der Waals surface area contributed by atoms with Crippen LogP contribution in [0.3, 0.4) is 0 Å². The van der Waals surface area contributed by atoms with Crippen LogP contribution >= 0.6 is 0 Å². The van der Waals surface area contributed by atoms with Gasteiger partial charge in [-0.15, -0.1) is 0 Å². The molecule has 1 aromatic carbocycles. The molecule has 0 atom stereocenters. The third kappa shape index (κ3) is 3.38. The predicted octanol–water partition coefficient (Wildman–Crippen LogP) is 2.45. The number of amides is 2. The first kappa shape index (κ1) is 14.6. The lowest BCUT2D eigenvalue weighted by Gasteiger charge is -2.28. The second kappa shape index (κ2) is 6.55. The standard InChI is InChI=1S/C16H22N2O2/c1-3-12-7-4-5-10-14(12)17-15(19)11-18(2)16(20)13-8-6-9-13/h4-5,7,10,13H,3,6,8-9,11H2,1-2H3,(H,17,19). The zero-order chi connectivity index (χ0) is 14.5. The van der Waals surface area contributed by atoms with E-state index < -0.39 is 0 Å². The van der Waals surface area contributed by atoms with Gasteiger partial charge in [0, 0.05) is 18.7 Å². The number of nitrogens with zero attached hydrogens (tertiary/aromatic N) is 1. The molecule has 1 N–H and O–H groups in total. The molecule has 0 saturated heterocycles. The maximum Gasteiger partial charge on any atom is 0.243 e. The SMILES string of the molecule is CCc1ccccc1NC(=O)CN(C)C(=O)C1CCC1.